The largest absolute Gasteiger partial charge is 0.399 e. The molecule has 94 valence electrons. The molecule has 0 fully saturated rings. The molecule has 1 unspecified atom stereocenters. The Balaban J connectivity index is 2.88. The minimum absolute atomic E-state index is 0.0861. The molecule has 1 aromatic rings. The lowest BCUT2D eigenvalue weighted by atomic mass is 10.1. The number of methoxy groups -OCH3 is 1. The smallest absolute Gasteiger partial charge is 0.254 e. The summed E-state index contributed by atoms with van der Waals surface area (Å²) in [5.41, 5.74) is 5.98. The first-order valence-electron chi connectivity index (χ1n) is 5.28. The van der Waals surface area contributed by atoms with E-state index in [0.29, 0.717) is 6.61 Å². The summed E-state index contributed by atoms with van der Waals surface area (Å²) in [4.78, 5) is 13.5. The van der Waals surface area contributed by atoms with Gasteiger partial charge in [-0.05, 0) is 25.1 Å². The summed E-state index contributed by atoms with van der Waals surface area (Å²) in [6.07, 6.45) is 0. The minimum Gasteiger partial charge on any atom is -0.399 e. The molecule has 1 aromatic carbocycles. The second kappa shape index (κ2) is 5.63. The van der Waals surface area contributed by atoms with Crippen molar-refractivity contribution in [2.45, 2.75) is 13.0 Å². The Hall–Kier alpha value is -1.62. The van der Waals surface area contributed by atoms with Gasteiger partial charge in [0, 0.05) is 25.4 Å². The van der Waals surface area contributed by atoms with E-state index < -0.39 is 5.82 Å². The highest BCUT2D eigenvalue weighted by Crippen LogP contribution is 2.13. The Morgan fingerprint density at radius 2 is 2.18 bits per heavy atom. The van der Waals surface area contributed by atoms with Gasteiger partial charge in [0.15, 0.2) is 0 Å². The lowest BCUT2D eigenvalue weighted by molar-refractivity contribution is 0.0633. The van der Waals surface area contributed by atoms with E-state index in [2.05, 4.69) is 0 Å². The second-order valence-electron chi connectivity index (χ2n) is 3.99. The molecule has 0 aromatic heterocycles. The second-order valence-corrected chi connectivity index (χ2v) is 3.99. The summed E-state index contributed by atoms with van der Waals surface area (Å²) in [5.74, 6) is -0.790. The van der Waals surface area contributed by atoms with Crippen molar-refractivity contribution in [1.82, 2.24) is 4.90 Å². The van der Waals surface area contributed by atoms with Gasteiger partial charge in [0.25, 0.3) is 5.91 Å². The van der Waals surface area contributed by atoms with Gasteiger partial charge in [0.05, 0.1) is 12.6 Å². The number of benzene rings is 1. The van der Waals surface area contributed by atoms with Crippen molar-refractivity contribution in [3.8, 4) is 0 Å². The number of hydrogen-bond acceptors (Lipinski definition) is 3. The van der Waals surface area contributed by atoms with Gasteiger partial charge in [-0.1, -0.05) is 0 Å². The molecule has 1 rings (SSSR count). The fourth-order valence-corrected chi connectivity index (χ4v) is 1.49. The molecule has 0 spiro atoms. The van der Waals surface area contributed by atoms with Gasteiger partial charge in [0.2, 0.25) is 0 Å². The number of likely N-dealkylation sites (N-methyl/N-ethyl adjacent to an activating group) is 1. The lowest BCUT2D eigenvalue weighted by Crippen LogP contribution is -2.37. The van der Waals surface area contributed by atoms with Crippen molar-refractivity contribution < 1.29 is 13.9 Å². The molecule has 0 saturated heterocycles. The lowest BCUT2D eigenvalue weighted by Gasteiger charge is -2.24. The number of amides is 1. The molecule has 5 heteroatoms. The monoisotopic (exact) mass is 240 g/mol. The third-order valence-electron chi connectivity index (χ3n) is 2.56. The highest BCUT2D eigenvalue weighted by atomic mass is 19.1. The molecule has 1 atom stereocenters. The zero-order valence-corrected chi connectivity index (χ0v) is 10.2. The number of nitrogen functional groups attached to an aromatic ring is 1. The number of carbonyl (C=O) groups excluding carboxylic acids is 1. The van der Waals surface area contributed by atoms with Crippen molar-refractivity contribution in [3.63, 3.8) is 0 Å². The Kier molecular flexibility index (Phi) is 4.45. The maximum absolute atomic E-state index is 13.1. The molecular weight excluding hydrogens is 223 g/mol. The normalized spacial score (nSPS) is 12.2. The fourth-order valence-electron chi connectivity index (χ4n) is 1.49. The van der Waals surface area contributed by atoms with Gasteiger partial charge < -0.3 is 15.4 Å². The molecule has 0 bridgehead atoms. The number of ether oxygens (including phenoxy) is 1. The SMILES string of the molecule is COCC(C)N(C)C(=O)c1cc(N)cc(F)c1. The quantitative estimate of drug-likeness (QED) is 0.812. The molecule has 0 saturated carbocycles. The van der Waals surface area contributed by atoms with E-state index in [1.165, 1.54) is 23.1 Å². The third-order valence-corrected chi connectivity index (χ3v) is 2.56. The zero-order chi connectivity index (χ0) is 13.0. The van der Waals surface area contributed by atoms with Gasteiger partial charge in [-0.15, -0.1) is 0 Å². The van der Waals surface area contributed by atoms with Crippen LogP contribution in [0.4, 0.5) is 10.1 Å². The number of hydrogen-bond donors (Lipinski definition) is 1. The van der Waals surface area contributed by atoms with E-state index >= 15 is 0 Å². The van der Waals surface area contributed by atoms with Gasteiger partial charge in [-0.2, -0.15) is 0 Å². The summed E-state index contributed by atoms with van der Waals surface area (Å²) in [6.45, 7) is 2.27. The standard InChI is InChI=1S/C12H17FN2O2/c1-8(7-17-3)15(2)12(16)9-4-10(13)6-11(14)5-9/h4-6,8H,7,14H2,1-3H3. The fraction of sp³-hybridized carbons (Fsp3) is 0.417. The van der Waals surface area contributed by atoms with Gasteiger partial charge in [-0.3, -0.25) is 4.79 Å². The zero-order valence-electron chi connectivity index (χ0n) is 10.2. The predicted molar refractivity (Wildman–Crippen MR) is 64.2 cm³/mol. The third kappa shape index (κ3) is 3.42. The van der Waals surface area contributed by atoms with Crippen LogP contribution >= 0.6 is 0 Å². The van der Waals surface area contributed by atoms with E-state index in [-0.39, 0.29) is 23.2 Å². The predicted octanol–water partition coefficient (Wildman–Crippen LogP) is 1.51. The molecule has 1 amide bonds. The average Bonchev–Trinajstić information content (AvgIpc) is 2.26. The van der Waals surface area contributed by atoms with E-state index in [0.717, 1.165) is 0 Å². The van der Waals surface area contributed by atoms with Gasteiger partial charge >= 0.3 is 0 Å². The molecule has 0 heterocycles. The first-order chi connectivity index (χ1) is 7.95. The van der Waals surface area contributed by atoms with Crippen molar-refractivity contribution in [1.29, 1.82) is 0 Å². The Morgan fingerprint density at radius 3 is 2.71 bits per heavy atom. The molecule has 0 radical (unpaired) electrons. The van der Waals surface area contributed by atoms with Crippen molar-refractivity contribution in [2.24, 2.45) is 0 Å². The summed E-state index contributed by atoms with van der Waals surface area (Å²) in [5, 5.41) is 0. The van der Waals surface area contributed by atoms with E-state index in [1.807, 2.05) is 6.92 Å². The first kappa shape index (κ1) is 13.4. The van der Waals surface area contributed by atoms with Crippen LogP contribution in [0.3, 0.4) is 0 Å². The van der Waals surface area contributed by atoms with Crippen LogP contribution in [0.2, 0.25) is 0 Å². The molecule has 0 aliphatic rings. The molecule has 17 heavy (non-hydrogen) atoms. The highest BCUT2D eigenvalue weighted by molar-refractivity contribution is 5.95. The van der Waals surface area contributed by atoms with Crippen LogP contribution in [0.25, 0.3) is 0 Å². The van der Waals surface area contributed by atoms with Crippen molar-refractivity contribution >= 4 is 11.6 Å². The molecule has 2 N–H and O–H groups in total. The number of anilines is 1. The first-order valence-corrected chi connectivity index (χ1v) is 5.28. The van der Waals surface area contributed by atoms with Crippen molar-refractivity contribution in [2.75, 3.05) is 26.5 Å². The van der Waals surface area contributed by atoms with E-state index in [9.17, 15) is 9.18 Å². The summed E-state index contributed by atoms with van der Waals surface area (Å²) in [7, 11) is 3.21. The topological polar surface area (TPSA) is 55.6 Å². The number of nitrogens with zero attached hydrogens (tertiary/aromatic N) is 1. The molecular formula is C12H17FN2O2. The van der Waals surface area contributed by atoms with Crippen LogP contribution in [0, 0.1) is 5.82 Å². The van der Waals surface area contributed by atoms with Crippen LogP contribution in [-0.4, -0.2) is 37.6 Å². The molecule has 4 nitrogen and oxygen atoms in total. The highest BCUT2D eigenvalue weighted by Gasteiger charge is 2.18. The van der Waals surface area contributed by atoms with Crippen LogP contribution in [-0.2, 0) is 4.74 Å². The summed E-state index contributed by atoms with van der Waals surface area (Å²) in [6, 6.07) is 3.72. The van der Waals surface area contributed by atoms with Crippen LogP contribution in [0.1, 0.15) is 17.3 Å². The number of rotatable bonds is 4. The van der Waals surface area contributed by atoms with Gasteiger partial charge in [0.1, 0.15) is 5.82 Å². The minimum atomic E-state index is -0.513. The van der Waals surface area contributed by atoms with Crippen molar-refractivity contribution in [3.05, 3.63) is 29.6 Å². The number of halogens is 1. The van der Waals surface area contributed by atoms with Gasteiger partial charge in [-0.25, -0.2) is 4.39 Å². The number of carbonyl (C=O) groups is 1. The number of nitrogens with two attached hydrogens (primary N) is 1. The Bertz CT molecular complexity index is 389. The Morgan fingerprint density at radius 1 is 1.53 bits per heavy atom. The summed E-state index contributed by atoms with van der Waals surface area (Å²) >= 11 is 0. The summed E-state index contributed by atoms with van der Waals surface area (Å²) < 4.78 is 18.1. The van der Waals surface area contributed by atoms with E-state index in [4.69, 9.17) is 10.5 Å². The van der Waals surface area contributed by atoms with E-state index in [1.54, 1.807) is 14.2 Å². The van der Waals surface area contributed by atoms with Crippen LogP contribution in [0.5, 0.6) is 0 Å². The average molecular weight is 240 g/mol. The maximum atomic E-state index is 13.1. The molecule has 0 aliphatic heterocycles. The van der Waals surface area contributed by atoms with Crippen LogP contribution < -0.4 is 5.73 Å². The van der Waals surface area contributed by atoms with Crippen LogP contribution in [0.15, 0.2) is 18.2 Å². The maximum Gasteiger partial charge on any atom is 0.254 e. The molecule has 0 aliphatic carbocycles. The Labute approximate surface area is 100 Å².